The number of furan rings is 1. The van der Waals surface area contributed by atoms with Gasteiger partial charge in [0.15, 0.2) is 11.6 Å². The van der Waals surface area contributed by atoms with Gasteiger partial charge < -0.3 is 8.98 Å². The fourth-order valence-corrected chi connectivity index (χ4v) is 8.86. The van der Waals surface area contributed by atoms with Crippen LogP contribution >= 0.6 is 0 Å². The molecule has 0 radical (unpaired) electrons. The standard InChI is InChI=1S/C52H33N5O/c1-32-15-5-6-20-36(32)33-16-13-17-34(29-33)50-53-51(41-25-14-24-40-39-23-9-12-28-48(39)58-49(40)41)55-52(54-50)57-45-27-11-8-22-38(45)43-30-46-42(31-47(43)57)37-21-7-10-26-44(37)56(46)35-18-3-2-4-19-35/h2-31H,1H3. The van der Waals surface area contributed by atoms with Crippen LogP contribution in [0.1, 0.15) is 5.56 Å². The fourth-order valence-electron chi connectivity index (χ4n) is 8.86. The van der Waals surface area contributed by atoms with Gasteiger partial charge in [0.25, 0.3) is 0 Å². The van der Waals surface area contributed by atoms with Gasteiger partial charge in [-0.05, 0) is 78.2 Å². The fraction of sp³-hybridized carbons (Fsp3) is 0.0192. The molecule has 272 valence electrons. The Bertz CT molecular complexity index is 3590. The summed E-state index contributed by atoms with van der Waals surface area (Å²) in [6.07, 6.45) is 0. The molecule has 0 N–H and O–H groups in total. The van der Waals surface area contributed by atoms with E-state index >= 15 is 0 Å². The van der Waals surface area contributed by atoms with Crippen LogP contribution in [-0.2, 0) is 0 Å². The number of hydrogen-bond donors (Lipinski definition) is 0. The Morgan fingerprint density at radius 3 is 1.78 bits per heavy atom. The molecule has 0 saturated carbocycles. The zero-order chi connectivity index (χ0) is 38.3. The molecular formula is C52H33N5O. The minimum atomic E-state index is 0.534. The van der Waals surface area contributed by atoms with E-state index in [0.29, 0.717) is 17.6 Å². The lowest BCUT2D eigenvalue weighted by Gasteiger charge is -2.12. The number of fused-ring (bicyclic) bond motifs is 9. The van der Waals surface area contributed by atoms with Gasteiger partial charge in [-0.1, -0.05) is 127 Å². The average Bonchev–Trinajstić information content (AvgIpc) is 3.93. The van der Waals surface area contributed by atoms with E-state index < -0.39 is 0 Å². The number of para-hydroxylation sites is 5. The number of aromatic nitrogens is 5. The van der Waals surface area contributed by atoms with Crippen molar-refractivity contribution in [3.8, 4) is 45.5 Å². The molecule has 8 aromatic carbocycles. The van der Waals surface area contributed by atoms with Crippen molar-refractivity contribution < 1.29 is 4.42 Å². The minimum Gasteiger partial charge on any atom is -0.455 e. The Balaban J connectivity index is 1.17. The summed E-state index contributed by atoms with van der Waals surface area (Å²) >= 11 is 0. The molecule has 0 aliphatic carbocycles. The van der Waals surface area contributed by atoms with Gasteiger partial charge in [0.1, 0.15) is 11.2 Å². The van der Waals surface area contributed by atoms with Crippen molar-refractivity contribution in [1.29, 1.82) is 0 Å². The molecule has 12 aromatic rings. The first kappa shape index (κ1) is 32.4. The molecule has 0 amide bonds. The van der Waals surface area contributed by atoms with Gasteiger partial charge in [-0.25, -0.2) is 4.98 Å². The van der Waals surface area contributed by atoms with Gasteiger partial charge in [-0.15, -0.1) is 0 Å². The number of hydrogen-bond acceptors (Lipinski definition) is 4. The van der Waals surface area contributed by atoms with Crippen molar-refractivity contribution in [2.45, 2.75) is 6.92 Å². The van der Waals surface area contributed by atoms with E-state index in [-0.39, 0.29) is 0 Å². The van der Waals surface area contributed by atoms with E-state index in [9.17, 15) is 0 Å². The Labute approximate surface area is 332 Å². The predicted octanol–water partition coefficient (Wildman–Crippen LogP) is 13.3. The van der Waals surface area contributed by atoms with Gasteiger partial charge in [0, 0.05) is 43.6 Å². The van der Waals surface area contributed by atoms with Crippen molar-refractivity contribution in [1.82, 2.24) is 24.1 Å². The molecule has 6 heteroatoms. The lowest BCUT2D eigenvalue weighted by atomic mass is 9.99. The van der Waals surface area contributed by atoms with Gasteiger partial charge in [0.2, 0.25) is 5.95 Å². The summed E-state index contributed by atoms with van der Waals surface area (Å²) in [5.41, 5.74) is 12.2. The van der Waals surface area contributed by atoms with Crippen LogP contribution in [0.3, 0.4) is 0 Å². The minimum absolute atomic E-state index is 0.534. The van der Waals surface area contributed by atoms with Crippen molar-refractivity contribution >= 4 is 65.6 Å². The molecular weight excluding hydrogens is 711 g/mol. The summed E-state index contributed by atoms with van der Waals surface area (Å²) < 4.78 is 11.1. The number of benzene rings is 8. The first-order chi connectivity index (χ1) is 28.7. The molecule has 0 bridgehead atoms. The molecule has 0 atom stereocenters. The molecule has 6 nitrogen and oxygen atoms in total. The van der Waals surface area contributed by atoms with E-state index in [1.807, 2.05) is 24.3 Å². The van der Waals surface area contributed by atoms with E-state index in [1.54, 1.807) is 0 Å². The van der Waals surface area contributed by atoms with Gasteiger partial charge in [0.05, 0.1) is 27.6 Å². The molecule has 0 spiro atoms. The quantitative estimate of drug-likeness (QED) is 0.176. The van der Waals surface area contributed by atoms with E-state index in [4.69, 9.17) is 19.4 Å². The number of aryl methyl sites for hydroxylation is 1. The number of nitrogens with zero attached hydrogens (tertiary/aromatic N) is 5. The molecule has 58 heavy (non-hydrogen) atoms. The van der Waals surface area contributed by atoms with Crippen molar-refractivity contribution in [2.24, 2.45) is 0 Å². The molecule has 0 fully saturated rings. The molecule has 0 unspecified atom stereocenters. The molecule has 4 aromatic heterocycles. The maximum Gasteiger partial charge on any atom is 0.238 e. The largest absolute Gasteiger partial charge is 0.455 e. The topological polar surface area (TPSA) is 61.7 Å². The third-order valence-corrected chi connectivity index (χ3v) is 11.5. The molecule has 12 rings (SSSR count). The van der Waals surface area contributed by atoms with Crippen LogP contribution < -0.4 is 0 Å². The smallest absolute Gasteiger partial charge is 0.238 e. The van der Waals surface area contributed by atoms with Crippen molar-refractivity contribution in [2.75, 3.05) is 0 Å². The summed E-state index contributed by atoms with van der Waals surface area (Å²) in [4.78, 5) is 16.0. The molecule has 0 aliphatic rings. The summed E-state index contributed by atoms with van der Waals surface area (Å²) in [7, 11) is 0. The second-order valence-corrected chi connectivity index (χ2v) is 14.9. The highest BCUT2D eigenvalue weighted by atomic mass is 16.3. The third kappa shape index (κ3) is 4.88. The highest BCUT2D eigenvalue weighted by molar-refractivity contribution is 6.19. The lowest BCUT2D eigenvalue weighted by Crippen LogP contribution is -2.06. The van der Waals surface area contributed by atoms with Gasteiger partial charge in [-0.2, -0.15) is 9.97 Å². The van der Waals surface area contributed by atoms with E-state index in [1.165, 1.54) is 16.5 Å². The summed E-state index contributed by atoms with van der Waals surface area (Å²) in [5.74, 6) is 1.65. The van der Waals surface area contributed by atoms with Crippen molar-refractivity contribution in [3.05, 3.63) is 188 Å². The summed E-state index contributed by atoms with van der Waals surface area (Å²) in [6.45, 7) is 2.14. The Kier molecular flexibility index (Phi) is 7.04. The Hall–Kier alpha value is -7.83. The van der Waals surface area contributed by atoms with Gasteiger partial charge >= 0.3 is 0 Å². The van der Waals surface area contributed by atoms with E-state index in [2.05, 4.69) is 174 Å². The van der Waals surface area contributed by atoms with Crippen LogP contribution in [0.4, 0.5) is 0 Å². The third-order valence-electron chi connectivity index (χ3n) is 11.5. The molecule has 0 aliphatic heterocycles. The van der Waals surface area contributed by atoms with Gasteiger partial charge in [-0.3, -0.25) is 4.57 Å². The second-order valence-electron chi connectivity index (χ2n) is 14.9. The first-order valence-electron chi connectivity index (χ1n) is 19.5. The lowest BCUT2D eigenvalue weighted by molar-refractivity contribution is 0.669. The second kappa shape index (κ2) is 12.6. The first-order valence-corrected chi connectivity index (χ1v) is 19.5. The Morgan fingerprint density at radius 2 is 0.983 bits per heavy atom. The van der Waals surface area contributed by atoms with Crippen LogP contribution in [0.25, 0.3) is 111 Å². The maximum atomic E-state index is 6.56. The SMILES string of the molecule is Cc1ccccc1-c1cccc(-c2nc(-c3cccc4c3oc3ccccc34)nc(-n3c4ccccc4c4cc5c(cc43)c3ccccc3n5-c3ccccc3)n2)c1. The highest BCUT2D eigenvalue weighted by Gasteiger charge is 2.22. The molecule has 4 heterocycles. The predicted molar refractivity (Wildman–Crippen MR) is 237 cm³/mol. The average molecular weight is 744 g/mol. The maximum absolute atomic E-state index is 6.56. The normalized spacial score (nSPS) is 11.9. The van der Waals surface area contributed by atoms with Crippen LogP contribution in [-0.4, -0.2) is 24.1 Å². The number of rotatable bonds is 5. The van der Waals surface area contributed by atoms with Crippen LogP contribution in [0.5, 0.6) is 0 Å². The van der Waals surface area contributed by atoms with Crippen LogP contribution in [0.2, 0.25) is 0 Å². The molecule has 0 saturated heterocycles. The zero-order valence-electron chi connectivity index (χ0n) is 31.5. The summed E-state index contributed by atoms with van der Waals surface area (Å²) in [5, 5.41) is 6.65. The zero-order valence-corrected chi connectivity index (χ0v) is 31.5. The van der Waals surface area contributed by atoms with E-state index in [0.717, 1.165) is 82.5 Å². The summed E-state index contributed by atoms with van der Waals surface area (Å²) in [6, 6.07) is 63.7. The van der Waals surface area contributed by atoms with Crippen LogP contribution in [0, 0.1) is 6.92 Å². The Morgan fingerprint density at radius 1 is 0.397 bits per heavy atom. The van der Waals surface area contributed by atoms with Crippen molar-refractivity contribution in [3.63, 3.8) is 0 Å². The monoisotopic (exact) mass is 743 g/mol. The van der Waals surface area contributed by atoms with Crippen LogP contribution in [0.15, 0.2) is 186 Å². The highest BCUT2D eigenvalue weighted by Crippen LogP contribution is 2.41.